The quantitative estimate of drug-likeness (QED) is 0.815. The largest absolute Gasteiger partial charge is 0.399 e. The number of anilines is 2. The van der Waals surface area contributed by atoms with E-state index in [0.29, 0.717) is 0 Å². The topological polar surface area (TPSA) is 29.3 Å². The van der Waals surface area contributed by atoms with Crippen LogP contribution in [0, 0.1) is 0 Å². The van der Waals surface area contributed by atoms with Crippen LogP contribution in [0.3, 0.4) is 0 Å². The molecular formula is C13H18N2S. The molecule has 3 heteroatoms. The number of rotatable bonds is 3. The van der Waals surface area contributed by atoms with E-state index in [1.807, 2.05) is 12.1 Å². The Morgan fingerprint density at radius 2 is 1.81 bits per heavy atom. The zero-order valence-electron chi connectivity index (χ0n) is 9.43. The fourth-order valence-corrected chi connectivity index (χ4v) is 3.67. The molecular weight excluding hydrogens is 216 g/mol. The highest BCUT2D eigenvalue weighted by molar-refractivity contribution is 7.99. The molecule has 0 aromatic heterocycles. The summed E-state index contributed by atoms with van der Waals surface area (Å²) in [5.74, 6) is 2.61. The Bertz CT molecular complexity index is 353. The van der Waals surface area contributed by atoms with Crippen molar-refractivity contribution in [3.8, 4) is 0 Å². The molecule has 1 saturated carbocycles. The van der Waals surface area contributed by atoms with Gasteiger partial charge in [-0.25, -0.2) is 0 Å². The van der Waals surface area contributed by atoms with Crippen LogP contribution < -0.4 is 10.6 Å². The van der Waals surface area contributed by atoms with E-state index < -0.39 is 0 Å². The van der Waals surface area contributed by atoms with Crippen LogP contribution in [0.25, 0.3) is 0 Å². The highest BCUT2D eigenvalue weighted by Gasteiger charge is 2.35. The second-order valence-electron chi connectivity index (χ2n) is 4.75. The summed E-state index contributed by atoms with van der Waals surface area (Å²) in [5.41, 5.74) is 7.98. The van der Waals surface area contributed by atoms with Crippen LogP contribution in [0.5, 0.6) is 0 Å². The minimum atomic E-state index is 0.751. The van der Waals surface area contributed by atoms with Crippen molar-refractivity contribution in [1.29, 1.82) is 0 Å². The monoisotopic (exact) mass is 234 g/mol. The lowest BCUT2D eigenvalue weighted by Gasteiger charge is -2.31. The van der Waals surface area contributed by atoms with E-state index in [-0.39, 0.29) is 0 Å². The highest BCUT2D eigenvalue weighted by atomic mass is 32.2. The number of nitrogens with two attached hydrogens (primary N) is 1. The van der Waals surface area contributed by atoms with Crippen molar-refractivity contribution in [3.63, 3.8) is 0 Å². The molecule has 1 unspecified atom stereocenters. The summed E-state index contributed by atoms with van der Waals surface area (Å²) in [5, 5.41) is 0. The van der Waals surface area contributed by atoms with Gasteiger partial charge in [0.15, 0.2) is 0 Å². The Labute approximate surface area is 101 Å². The van der Waals surface area contributed by atoms with Gasteiger partial charge in [-0.2, -0.15) is 11.8 Å². The Hall–Kier alpha value is -0.830. The molecule has 2 nitrogen and oxygen atoms in total. The predicted molar refractivity (Wildman–Crippen MR) is 72.1 cm³/mol. The third-order valence-corrected chi connectivity index (χ3v) is 4.58. The normalized spacial score (nSPS) is 24.6. The molecule has 1 aliphatic carbocycles. The fraction of sp³-hybridized carbons (Fsp3) is 0.538. The van der Waals surface area contributed by atoms with Crippen molar-refractivity contribution in [1.82, 2.24) is 0 Å². The number of benzene rings is 1. The van der Waals surface area contributed by atoms with Crippen LogP contribution >= 0.6 is 11.8 Å². The Morgan fingerprint density at radius 1 is 1.06 bits per heavy atom. The van der Waals surface area contributed by atoms with Crippen molar-refractivity contribution < 1.29 is 0 Å². The molecule has 0 amide bonds. The number of nitrogen functional groups attached to an aromatic ring is 1. The average molecular weight is 234 g/mol. The summed E-state index contributed by atoms with van der Waals surface area (Å²) in [6, 6.07) is 9.95. The van der Waals surface area contributed by atoms with Crippen molar-refractivity contribution >= 4 is 23.1 Å². The van der Waals surface area contributed by atoms with E-state index >= 15 is 0 Å². The van der Waals surface area contributed by atoms with Gasteiger partial charge in [0.05, 0.1) is 0 Å². The Balaban J connectivity index is 1.84. The minimum absolute atomic E-state index is 0.751. The SMILES string of the molecule is Nc1ccc(N(C2CC2)C2CCSC2)cc1. The number of hydrogen-bond donors (Lipinski definition) is 1. The van der Waals surface area contributed by atoms with E-state index in [4.69, 9.17) is 5.73 Å². The van der Waals surface area contributed by atoms with E-state index in [1.165, 1.54) is 36.5 Å². The molecule has 2 aliphatic rings. The second kappa shape index (κ2) is 4.21. The van der Waals surface area contributed by atoms with Crippen LogP contribution in [0.2, 0.25) is 0 Å². The van der Waals surface area contributed by atoms with Gasteiger partial charge < -0.3 is 10.6 Å². The molecule has 0 radical (unpaired) electrons. The first-order valence-corrected chi connectivity index (χ1v) is 7.22. The third-order valence-electron chi connectivity index (χ3n) is 3.43. The van der Waals surface area contributed by atoms with Gasteiger partial charge in [-0.15, -0.1) is 0 Å². The van der Waals surface area contributed by atoms with Crippen molar-refractivity contribution in [2.45, 2.75) is 31.3 Å². The molecule has 1 aliphatic heterocycles. The van der Waals surface area contributed by atoms with Gasteiger partial charge in [-0.1, -0.05) is 0 Å². The van der Waals surface area contributed by atoms with E-state index in [2.05, 4.69) is 28.8 Å². The summed E-state index contributed by atoms with van der Waals surface area (Å²) >= 11 is 2.09. The summed E-state index contributed by atoms with van der Waals surface area (Å²) in [7, 11) is 0. The summed E-state index contributed by atoms with van der Waals surface area (Å²) in [6.07, 6.45) is 4.07. The van der Waals surface area contributed by atoms with Gasteiger partial charge in [-0.3, -0.25) is 0 Å². The van der Waals surface area contributed by atoms with Crippen LogP contribution in [0.15, 0.2) is 24.3 Å². The standard InChI is InChI=1S/C13H18N2S/c14-10-1-3-11(4-2-10)15(12-5-6-12)13-7-8-16-9-13/h1-4,12-13H,5-9,14H2. The van der Waals surface area contributed by atoms with Gasteiger partial charge in [0.25, 0.3) is 0 Å². The molecule has 1 heterocycles. The number of nitrogens with zero attached hydrogens (tertiary/aromatic N) is 1. The maximum absolute atomic E-state index is 5.75. The van der Waals surface area contributed by atoms with Gasteiger partial charge >= 0.3 is 0 Å². The lowest BCUT2D eigenvalue weighted by molar-refractivity contribution is 0.640. The molecule has 16 heavy (non-hydrogen) atoms. The van der Waals surface area contributed by atoms with E-state index in [9.17, 15) is 0 Å². The molecule has 0 bridgehead atoms. The third kappa shape index (κ3) is 2.01. The average Bonchev–Trinajstić information content (AvgIpc) is 2.97. The maximum atomic E-state index is 5.75. The smallest absolute Gasteiger partial charge is 0.0391 e. The van der Waals surface area contributed by atoms with Crippen LogP contribution in [-0.2, 0) is 0 Å². The summed E-state index contributed by atoms with van der Waals surface area (Å²) < 4.78 is 0. The summed E-state index contributed by atoms with van der Waals surface area (Å²) in [6.45, 7) is 0. The van der Waals surface area contributed by atoms with Gasteiger partial charge in [0.1, 0.15) is 0 Å². The second-order valence-corrected chi connectivity index (χ2v) is 5.90. The fourth-order valence-electron chi connectivity index (χ4n) is 2.46. The highest BCUT2D eigenvalue weighted by Crippen LogP contribution is 2.37. The van der Waals surface area contributed by atoms with Crippen LogP contribution in [0.4, 0.5) is 11.4 Å². The molecule has 1 saturated heterocycles. The Kier molecular flexibility index (Phi) is 2.72. The molecule has 1 aromatic carbocycles. The van der Waals surface area contributed by atoms with Gasteiger partial charge in [0, 0.05) is 29.2 Å². The first-order chi connectivity index (χ1) is 7.84. The molecule has 0 spiro atoms. The zero-order chi connectivity index (χ0) is 11.0. The lowest BCUT2D eigenvalue weighted by atomic mass is 10.1. The van der Waals surface area contributed by atoms with Gasteiger partial charge in [-0.05, 0) is 49.3 Å². The first kappa shape index (κ1) is 10.3. The number of thioether (sulfide) groups is 1. The Morgan fingerprint density at radius 3 is 2.38 bits per heavy atom. The zero-order valence-corrected chi connectivity index (χ0v) is 10.2. The van der Waals surface area contributed by atoms with Gasteiger partial charge in [0.2, 0.25) is 0 Å². The van der Waals surface area contributed by atoms with Crippen molar-refractivity contribution in [2.24, 2.45) is 0 Å². The molecule has 1 aromatic rings. The van der Waals surface area contributed by atoms with Crippen LogP contribution in [-0.4, -0.2) is 23.6 Å². The molecule has 3 rings (SSSR count). The maximum Gasteiger partial charge on any atom is 0.0391 e. The molecule has 1 atom stereocenters. The first-order valence-electron chi connectivity index (χ1n) is 6.06. The van der Waals surface area contributed by atoms with E-state index in [0.717, 1.165) is 17.8 Å². The van der Waals surface area contributed by atoms with Crippen molar-refractivity contribution in [3.05, 3.63) is 24.3 Å². The van der Waals surface area contributed by atoms with Crippen molar-refractivity contribution in [2.75, 3.05) is 22.1 Å². The molecule has 2 N–H and O–H groups in total. The summed E-state index contributed by atoms with van der Waals surface area (Å²) in [4.78, 5) is 2.64. The number of hydrogen-bond acceptors (Lipinski definition) is 3. The predicted octanol–water partition coefficient (Wildman–Crippen LogP) is 2.74. The lowest BCUT2D eigenvalue weighted by Crippen LogP contribution is -2.37. The minimum Gasteiger partial charge on any atom is -0.399 e. The molecule has 2 fully saturated rings. The van der Waals surface area contributed by atoms with Crippen LogP contribution in [0.1, 0.15) is 19.3 Å². The van der Waals surface area contributed by atoms with E-state index in [1.54, 1.807) is 0 Å². The molecule has 86 valence electrons.